The number of nitrogens with two attached hydrogens (primary N) is 1. The van der Waals surface area contributed by atoms with Crippen molar-refractivity contribution in [1.29, 1.82) is 0 Å². The normalized spacial score (nSPS) is 28.0. The van der Waals surface area contributed by atoms with Crippen molar-refractivity contribution in [3.8, 4) is 23.0 Å². The second-order valence-electron chi connectivity index (χ2n) is 8.90. The highest BCUT2D eigenvalue weighted by Crippen LogP contribution is 2.70. The van der Waals surface area contributed by atoms with Crippen LogP contribution in [0.1, 0.15) is 22.6 Å². The van der Waals surface area contributed by atoms with Crippen LogP contribution in [0.15, 0.2) is 66.7 Å². The SMILES string of the molecule is COc1ccc([C@@]23Oc4cc(OC)cc(OC)c4[C@]2(O)[C@@H](O)[C@@H](C(=O)NN)[C@H]3c2ccccc2)cc1. The van der Waals surface area contributed by atoms with Gasteiger partial charge in [-0.15, -0.1) is 0 Å². The van der Waals surface area contributed by atoms with Crippen LogP contribution in [0, 0.1) is 5.92 Å². The highest BCUT2D eigenvalue weighted by Gasteiger charge is 2.78. The summed E-state index contributed by atoms with van der Waals surface area (Å²) < 4.78 is 23.1. The van der Waals surface area contributed by atoms with Gasteiger partial charge in [-0.3, -0.25) is 10.2 Å². The average Bonchev–Trinajstić information content (AvgIpc) is 3.30. The molecule has 1 aliphatic heterocycles. The number of benzene rings is 3. The predicted molar refractivity (Wildman–Crippen MR) is 130 cm³/mol. The van der Waals surface area contributed by atoms with Crippen molar-refractivity contribution in [3.05, 3.63) is 83.4 Å². The molecule has 2 aliphatic rings. The summed E-state index contributed by atoms with van der Waals surface area (Å²) in [7, 11) is 4.51. The third kappa shape index (κ3) is 3.03. The van der Waals surface area contributed by atoms with Gasteiger partial charge in [0.05, 0.1) is 32.8 Å². The topological polar surface area (TPSA) is 133 Å². The molecule has 5 N–H and O–H groups in total. The van der Waals surface area contributed by atoms with Gasteiger partial charge in [0.2, 0.25) is 5.91 Å². The quantitative estimate of drug-likeness (QED) is 0.233. The second-order valence-corrected chi connectivity index (χ2v) is 8.90. The average molecular weight is 493 g/mol. The number of nitrogens with one attached hydrogen (secondary N) is 1. The fraction of sp³-hybridized carbons (Fsp3) is 0.296. The Hall–Kier alpha value is -3.79. The molecule has 9 nitrogen and oxygen atoms in total. The molecular formula is C27H28N2O7. The Morgan fingerprint density at radius 1 is 0.972 bits per heavy atom. The summed E-state index contributed by atoms with van der Waals surface area (Å²) in [5.74, 6) is 4.49. The molecule has 0 aromatic heterocycles. The van der Waals surface area contributed by atoms with Crippen LogP contribution in [-0.2, 0) is 16.0 Å². The molecule has 1 heterocycles. The van der Waals surface area contributed by atoms with Gasteiger partial charge in [0.1, 0.15) is 29.1 Å². The Bertz CT molecular complexity index is 1280. The zero-order valence-electron chi connectivity index (χ0n) is 20.1. The Kier molecular flexibility index (Phi) is 5.78. The summed E-state index contributed by atoms with van der Waals surface area (Å²) in [4.78, 5) is 13.2. The van der Waals surface area contributed by atoms with Gasteiger partial charge in [-0.2, -0.15) is 0 Å². The van der Waals surface area contributed by atoms with Crippen LogP contribution in [0.4, 0.5) is 0 Å². The number of hydrazine groups is 1. The zero-order chi connectivity index (χ0) is 25.7. The smallest absolute Gasteiger partial charge is 0.240 e. The molecule has 1 amide bonds. The summed E-state index contributed by atoms with van der Waals surface area (Å²) >= 11 is 0. The molecule has 3 aromatic rings. The molecule has 0 unspecified atom stereocenters. The van der Waals surface area contributed by atoms with Crippen molar-refractivity contribution < 1.29 is 34.0 Å². The fourth-order valence-corrected chi connectivity index (χ4v) is 5.89. The summed E-state index contributed by atoms with van der Waals surface area (Å²) in [6.07, 6.45) is -1.61. The van der Waals surface area contributed by atoms with E-state index in [1.54, 1.807) is 43.5 Å². The molecule has 1 saturated carbocycles. The summed E-state index contributed by atoms with van der Waals surface area (Å²) in [5, 5.41) is 24.5. The molecule has 1 fully saturated rings. The number of fused-ring (bicyclic) bond motifs is 3. The van der Waals surface area contributed by atoms with Gasteiger partial charge >= 0.3 is 0 Å². The Labute approximate surface area is 208 Å². The maximum Gasteiger partial charge on any atom is 0.240 e. The number of amides is 1. The van der Waals surface area contributed by atoms with Gasteiger partial charge < -0.3 is 29.2 Å². The number of ether oxygens (including phenoxy) is 4. The van der Waals surface area contributed by atoms with Crippen LogP contribution in [-0.4, -0.2) is 43.6 Å². The van der Waals surface area contributed by atoms with Crippen LogP contribution < -0.4 is 30.2 Å². The molecule has 188 valence electrons. The van der Waals surface area contributed by atoms with Gasteiger partial charge in [-0.05, 0) is 23.3 Å². The van der Waals surface area contributed by atoms with Crippen molar-refractivity contribution in [2.45, 2.75) is 23.2 Å². The highest BCUT2D eigenvalue weighted by atomic mass is 16.5. The zero-order valence-corrected chi connectivity index (χ0v) is 20.1. The Balaban J connectivity index is 1.88. The van der Waals surface area contributed by atoms with Crippen molar-refractivity contribution >= 4 is 5.91 Å². The lowest BCUT2D eigenvalue weighted by Crippen LogP contribution is -2.52. The lowest BCUT2D eigenvalue weighted by atomic mass is 9.70. The van der Waals surface area contributed by atoms with Gasteiger partial charge in [0.15, 0.2) is 11.2 Å². The van der Waals surface area contributed by atoms with Crippen molar-refractivity contribution in [2.24, 2.45) is 11.8 Å². The first-order chi connectivity index (χ1) is 17.4. The number of methoxy groups -OCH3 is 3. The molecule has 0 saturated heterocycles. The van der Waals surface area contributed by atoms with Crippen molar-refractivity contribution in [2.75, 3.05) is 21.3 Å². The Morgan fingerprint density at radius 2 is 1.64 bits per heavy atom. The molecule has 5 rings (SSSR count). The summed E-state index contributed by atoms with van der Waals surface area (Å²) in [6, 6.07) is 19.4. The summed E-state index contributed by atoms with van der Waals surface area (Å²) in [5.41, 5.74) is -0.148. The minimum atomic E-state index is -2.10. The van der Waals surface area contributed by atoms with E-state index in [-0.39, 0.29) is 17.1 Å². The number of carbonyl (C=O) groups is 1. The van der Waals surface area contributed by atoms with Crippen LogP contribution in [0.25, 0.3) is 0 Å². The number of carbonyl (C=O) groups excluding carboxylic acids is 1. The van der Waals surface area contributed by atoms with E-state index in [4.69, 9.17) is 24.8 Å². The van der Waals surface area contributed by atoms with E-state index in [0.29, 0.717) is 22.6 Å². The van der Waals surface area contributed by atoms with Gasteiger partial charge in [-0.25, -0.2) is 5.84 Å². The van der Waals surface area contributed by atoms with Crippen molar-refractivity contribution in [3.63, 3.8) is 0 Å². The first-order valence-electron chi connectivity index (χ1n) is 11.4. The van der Waals surface area contributed by atoms with Crippen LogP contribution in [0.2, 0.25) is 0 Å². The number of hydrogen-bond donors (Lipinski definition) is 4. The first-order valence-corrected chi connectivity index (χ1v) is 11.4. The standard InChI is InChI=1S/C27H28N2O7/c1-33-17-11-9-16(10-12-17)27-22(15-7-5-4-6-8-15)21(25(31)29-28)24(30)26(27,32)23-19(35-3)13-18(34-2)14-20(23)36-27/h4-14,21-22,24,30,32H,28H2,1-3H3,(H,29,31)/t21-,22+,24-,26-,27-/m0/s1. The van der Waals surface area contributed by atoms with E-state index >= 15 is 0 Å². The molecule has 0 radical (unpaired) electrons. The van der Waals surface area contributed by atoms with E-state index < -0.39 is 35.0 Å². The molecule has 3 aromatic carbocycles. The van der Waals surface area contributed by atoms with E-state index in [1.165, 1.54) is 14.2 Å². The summed E-state index contributed by atoms with van der Waals surface area (Å²) in [6.45, 7) is 0. The fourth-order valence-electron chi connectivity index (χ4n) is 5.89. The molecule has 1 aliphatic carbocycles. The number of aliphatic hydroxyl groups is 2. The molecule has 9 heteroatoms. The van der Waals surface area contributed by atoms with E-state index in [2.05, 4.69) is 5.43 Å². The van der Waals surface area contributed by atoms with Gasteiger partial charge in [0, 0.05) is 18.1 Å². The number of rotatable bonds is 6. The van der Waals surface area contributed by atoms with Crippen LogP contribution in [0.3, 0.4) is 0 Å². The molecule has 0 spiro atoms. The van der Waals surface area contributed by atoms with Crippen molar-refractivity contribution in [1.82, 2.24) is 5.43 Å². The highest BCUT2D eigenvalue weighted by molar-refractivity contribution is 5.82. The largest absolute Gasteiger partial charge is 0.497 e. The third-order valence-corrected chi connectivity index (χ3v) is 7.40. The Morgan fingerprint density at radius 3 is 2.22 bits per heavy atom. The molecular weight excluding hydrogens is 464 g/mol. The molecule has 0 bridgehead atoms. The van der Waals surface area contributed by atoms with E-state index in [1.807, 2.05) is 30.3 Å². The first kappa shape index (κ1) is 23.9. The number of hydrogen-bond acceptors (Lipinski definition) is 8. The van der Waals surface area contributed by atoms with Crippen LogP contribution in [0.5, 0.6) is 23.0 Å². The lowest BCUT2D eigenvalue weighted by Gasteiger charge is -2.40. The molecule has 5 atom stereocenters. The van der Waals surface area contributed by atoms with E-state index in [0.717, 1.165) is 0 Å². The van der Waals surface area contributed by atoms with Crippen LogP contribution >= 0.6 is 0 Å². The third-order valence-electron chi connectivity index (χ3n) is 7.40. The van der Waals surface area contributed by atoms with E-state index in [9.17, 15) is 15.0 Å². The number of aliphatic hydroxyl groups excluding tert-OH is 1. The predicted octanol–water partition coefficient (Wildman–Crippen LogP) is 1.95. The van der Waals surface area contributed by atoms with Gasteiger partial charge in [-0.1, -0.05) is 42.5 Å². The molecule has 36 heavy (non-hydrogen) atoms. The maximum absolute atomic E-state index is 13.2. The lowest BCUT2D eigenvalue weighted by molar-refractivity contribution is -0.154. The van der Waals surface area contributed by atoms with Gasteiger partial charge in [0.25, 0.3) is 0 Å². The second kappa shape index (κ2) is 8.70. The minimum absolute atomic E-state index is 0.224. The maximum atomic E-state index is 13.2. The minimum Gasteiger partial charge on any atom is -0.497 e. The monoisotopic (exact) mass is 492 g/mol.